The number of methoxy groups -OCH3 is 2. The van der Waals surface area contributed by atoms with Gasteiger partial charge in [-0.3, -0.25) is 0 Å². The van der Waals surface area contributed by atoms with Crippen molar-refractivity contribution in [3.8, 4) is 17.2 Å². The van der Waals surface area contributed by atoms with Gasteiger partial charge in [0.25, 0.3) is 0 Å². The summed E-state index contributed by atoms with van der Waals surface area (Å²) in [6.45, 7) is 0.665. The maximum absolute atomic E-state index is 13.9. The summed E-state index contributed by atoms with van der Waals surface area (Å²) in [5.41, 5.74) is 2.37. The SMILES string of the molecule is COc1ccc(NCc2cccc(OC)c2OCc2ccccc2F)cc1. The predicted molar refractivity (Wildman–Crippen MR) is 104 cm³/mol. The van der Waals surface area contributed by atoms with Crippen LogP contribution < -0.4 is 19.5 Å². The van der Waals surface area contributed by atoms with Gasteiger partial charge in [-0.1, -0.05) is 30.3 Å². The number of anilines is 1. The number of ether oxygens (including phenoxy) is 3. The Morgan fingerprint density at radius 3 is 2.26 bits per heavy atom. The quantitative estimate of drug-likeness (QED) is 0.606. The van der Waals surface area contributed by atoms with Gasteiger partial charge in [0.1, 0.15) is 18.2 Å². The molecule has 0 unspecified atom stereocenters. The Kier molecular flexibility index (Phi) is 6.15. The van der Waals surface area contributed by atoms with Crippen molar-refractivity contribution >= 4 is 5.69 Å². The minimum absolute atomic E-state index is 0.128. The van der Waals surface area contributed by atoms with Crippen molar-refractivity contribution in [3.05, 3.63) is 83.7 Å². The molecular formula is C22H22FNO3. The van der Waals surface area contributed by atoms with Gasteiger partial charge in [-0.15, -0.1) is 0 Å². The summed E-state index contributed by atoms with van der Waals surface area (Å²) in [4.78, 5) is 0. The summed E-state index contributed by atoms with van der Waals surface area (Å²) < 4.78 is 30.4. The van der Waals surface area contributed by atoms with E-state index in [2.05, 4.69) is 5.32 Å². The molecule has 3 aromatic carbocycles. The van der Waals surface area contributed by atoms with E-state index in [0.717, 1.165) is 17.0 Å². The smallest absolute Gasteiger partial charge is 0.166 e. The van der Waals surface area contributed by atoms with Crippen LogP contribution in [0.4, 0.5) is 10.1 Å². The van der Waals surface area contributed by atoms with Crippen molar-refractivity contribution in [2.75, 3.05) is 19.5 Å². The molecule has 140 valence electrons. The van der Waals surface area contributed by atoms with Gasteiger partial charge >= 0.3 is 0 Å². The summed E-state index contributed by atoms with van der Waals surface area (Å²) >= 11 is 0. The highest BCUT2D eigenvalue weighted by molar-refractivity contribution is 5.51. The van der Waals surface area contributed by atoms with Crippen molar-refractivity contribution in [2.24, 2.45) is 0 Å². The van der Waals surface area contributed by atoms with Gasteiger partial charge in [-0.25, -0.2) is 4.39 Å². The highest BCUT2D eigenvalue weighted by Crippen LogP contribution is 2.32. The first kappa shape index (κ1) is 18.6. The average Bonchev–Trinajstić information content (AvgIpc) is 2.72. The minimum Gasteiger partial charge on any atom is -0.497 e. The van der Waals surface area contributed by atoms with Crippen molar-refractivity contribution in [1.82, 2.24) is 0 Å². The predicted octanol–water partition coefficient (Wildman–Crippen LogP) is 5.03. The van der Waals surface area contributed by atoms with Gasteiger partial charge < -0.3 is 19.5 Å². The zero-order chi connectivity index (χ0) is 19.1. The second kappa shape index (κ2) is 8.94. The van der Waals surface area contributed by atoms with Crippen molar-refractivity contribution in [3.63, 3.8) is 0 Å². The maximum Gasteiger partial charge on any atom is 0.166 e. The molecule has 0 aromatic heterocycles. The standard InChI is InChI=1S/C22H22FNO3/c1-25-19-12-10-18(11-13-19)24-14-16-7-5-9-21(26-2)22(16)27-15-17-6-3-4-8-20(17)23/h3-13,24H,14-15H2,1-2H3. The molecule has 0 radical (unpaired) electrons. The number of hydrogen-bond acceptors (Lipinski definition) is 4. The zero-order valence-corrected chi connectivity index (χ0v) is 15.4. The second-order valence-corrected chi connectivity index (χ2v) is 5.91. The molecule has 0 saturated carbocycles. The number of rotatable bonds is 8. The number of nitrogens with one attached hydrogen (secondary N) is 1. The van der Waals surface area contributed by atoms with Crippen LogP contribution in [-0.2, 0) is 13.2 Å². The summed E-state index contributed by atoms with van der Waals surface area (Å²) in [6.07, 6.45) is 0. The van der Waals surface area contributed by atoms with Gasteiger partial charge in [0.05, 0.1) is 14.2 Å². The van der Waals surface area contributed by atoms with E-state index in [0.29, 0.717) is 23.6 Å². The molecule has 0 saturated heterocycles. The van der Waals surface area contributed by atoms with Crippen LogP contribution in [0.15, 0.2) is 66.7 Å². The van der Waals surface area contributed by atoms with E-state index in [9.17, 15) is 4.39 Å². The molecule has 3 aromatic rings. The molecule has 0 aliphatic rings. The Morgan fingerprint density at radius 2 is 1.56 bits per heavy atom. The summed E-state index contributed by atoms with van der Waals surface area (Å²) in [5, 5.41) is 3.35. The fraction of sp³-hybridized carbons (Fsp3) is 0.182. The number of hydrogen-bond donors (Lipinski definition) is 1. The lowest BCUT2D eigenvalue weighted by atomic mass is 10.1. The highest BCUT2D eigenvalue weighted by Gasteiger charge is 2.12. The Labute approximate surface area is 158 Å². The van der Waals surface area contributed by atoms with Gasteiger partial charge in [-0.2, -0.15) is 0 Å². The van der Waals surface area contributed by atoms with Crippen LogP contribution in [0.2, 0.25) is 0 Å². The van der Waals surface area contributed by atoms with Crippen LogP contribution in [-0.4, -0.2) is 14.2 Å². The van der Waals surface area contributed by atoms with Crippen LogP contribution in [0.3, 0.4) is 0 Å². The summed E-state index contributed by atoms with van der Waals surface area (Å²) in [5.74, 6) is 1.73. The van der Waals surface area contributed by atoms with E-state index >= 15 is 0 Å². The summed E-state index contributed by atoms with van der Waals surface area (Å²) in [7, 11) is 3.23. The van der Waals surface area contributed by atoms with Crippen LogP contribution in [0.25, 0.3) is 0 Å². The van der Waals surface area contributed by atoms with E-state index in [4.69, 9.17) is 14.2 Å². The van der Waals surface area contributed by atoms with Gasteiger partial charge in [0.2, 0.25) is 0 Å². The van der Waals surface area contributed by atoms with Crippen molar-refractivity contribution < 1.29 is 18.6 Å². The normalized spacial score (nSPS) is 10.3. The zero-order valence-electron chi connectivity index (χ0n) is 15.4. The van der Waals surface area contributed by atoms with E-state index in [-0.39, 0.29) is 12.4 Å². The first-order chi connectivity index (χ1) is 13.2. The lowest BCUT2D eigenvalue weighted by molar-refractivity contribution is 0.277. The largest absolute Gasteiger partial charge is 0.497 e. The molecule has 0 heterocycles. The molecule has 0 aliphatic heterocycles. The van der Waals surface area contributed by atoms with Crippen LogP contribution in [0.5, 0.6) is 17.2 Å². The van der Waals surface area contributed by atoms with Crippen LogP contribution in [0.1, 0.15) is 11.1 Å². The molecule has 0 aliphatic carbocycles. The Morgan fingerprint density at radius 1 is 0.815 bits per heavy atom. The Bertz CT molecular complexity index is 881. The van der Waals surface area contributed by atoms with Crippen LogP contribution in [0, 0.1) is 5.82 Å². The maximum atomic E-state index is 13.9. The molecule has 3 rings (SSSR count). The second-order valence-electron chi connectivity index (χ2n) is 5.91. The number of para-hydroxylation sites is 1. The highest BCUT2D eigenvalue weighted by atomic mass is 19.1. The minimum atomic E-state index is -0.287. The molecule has 0 bridgehead atoms. The van der Waals surface area contributed by atoms with Gasteiger partial charge in [0, 0.05) is 23.4 Å². The number of benzene rings is 3. The lowest BCUT2D eigenvalue weighted by Crippen LogP contribution is -2.06. The Balaban J connectivity index is 1.75. The van der Waals surface area contributed by atoms with Crippen molar-refractivity contribution in [1.29, 1.82) is 0 Å². The fourth-order valence-corrected chi connectivity index (χ4v) is 2.70. The van der Waals surface area contributed by atoms with Gasteiger partial charge in [0.15, 0.2) is 11.5 Å². The monoisotopic (exact) mass is 367 g/mol. The van der Waals surface area contributed by atoms with E-state index in [1.165, 1.54) is 6.07 Å². The molecule has 0 fully saturated rings. The first-order valence-electron chi connectivity index (χ1n) is 8.61. The molecule has 4 nitrogen and oxygen atoms in total. The van der Waals surface area contributed by atoms with E-state index < -0.39 is 0 Å². The molecular weight excluding hydrogens is 345 g/mol. The molecule has 27 heavy (non-hydrogen) atoms. The molecule has 0 amide bonds. The third-order valence-corrected chi connectivity index (χ3v) is 4.18. The fourth-order valence-electron chi connectivity index (χ4n) is 2.70. The average molecular weight is 367 g/mol. The van der Waals surface area contributed by atoms with Crippen LogP contribution >= 0.6 is 0 Å². The third-order valence-electron chi connectivity index (χ3n) is 4.18. The molecule has 0 spiro atoms. The number of halogens is 1. The van der Waals surface area contributed by atoms with E-state index in [1.807, 2.05) is 42.5 Å². The summed E-state index contributed by atoms with van der Waals surface area (Å²) in [6, 6.07) is 19.9. The lowest BCUT2D eigenvalue weighted by Gasteiger charge is -2.16. The molecule has 5 heteroatoms. The molecule has 1 N–H and O–H groups in total. The third kappa shape index (κ3) is 4.70. The van der Waals surface area contributed by atoms with E-state index in [1.54, 1.807) is 32.4 Å². The topological polar surface area (TPSA) is 39.7 Å². The first-order valence-corrected chi connectivity index (χ1v) is 8.61. The Hall–Kier alpha value is -3.21. The molecule has 0 atom stereocenters. The van der Waals surface area contributed by atoms with Gasteiger partial charge in [-0.05, 0) is 36.4 Å². The van der Waals surface area contributed by atoms with Crippen molar-refractivity contribution in [2.45, 2.75) is 13.2 Å².